The molecule has 0 radical (unpaired) electrons. The van der Waals surface area contributed by atoms with E-state index in [0.717, 1.165) is 13.1 Å². The average Bonchev–Trinajstić information content (AvgIpc) is 3.33. The van der Waals surface area contributed by atoms with Gasteiger partial charge in [0.15, 0.2) is 0 Å². The van der Waals surface area contributed by atoms with E-state index in [2.05, 4.69) is 59.4 Å². The van der Waals surface area contributed by atoms with Crippen molar-refractivity contribution in [1.82, 2.24) is 10.3 Å². The maximum Gasteiger partial charge on any atom is 0.0487 e. The van der Waals surface area contributed by atoms with Crippen LogP contribution in [0.2, 0.25) is 0 Å². The molecule has 0 atom stereocenters. The SMILES string of the molecule is CCN(c1ccc(C)cc1)c1ccncc1CNC1CC1. The molecule has 1 aromatic carbocycles. The maximum atomic E-state index is 4.30. The Morgan fingerprint density at radius 2 is 1.95 bits per heavy atom. The van der Waals surface area contributed by atoms with Crippen LogP contribution in [0.5, 0.6) is 0 Å². The molecule has 0 bridgehead atoms. The number of pyridine rings is 1. The Morgan fingerprint density at radius 1 is 1.19 bits per heavy atom. The second-order valence-corrected chi connectivity index (χ2v) is 5.74. The first-order valence-electron chi connectivity index (χ1n) is 7.78. The van der Waals surface area contributed by atoms with E-state index in [9.17, 15) is 0 Å². The lowest BCUT2D eigenvalue weighted by Crippen LogP contribution is -2.21. The van der Waals surface area contributed by atoms with Crippen molar-refractivity contribution in [3.05, 3.63) is 53.9 Å². The molecule has 1 aromatic heterocycles. The van der Waals surface area contributed by atoms with Crippen LogP contribution in [-0.2, 0) is 6.54 Å². The van der Waals surface area contributed by atoms with Crippen LogP contribution in [-0.4, -0.2) is 17.6 Å². The molecule has 3 heteroatoms. The minimum Gasteiger partial charge on any atom is -0.341 e. The first-order chi connectivity index (χ1) is 10.3. The number of nitrogens with one attached hydrogen (secondary N) is 1. The van der Waals surface area contributed by atoms with Gasteiger partial charge in [-0.2, -0.15) is 0 Å². The molecule has 0 aliphatic heterocycles. The van der Waals surface area contributed by atoms with Gasteiger partial charge in [-0.25, -0.2) is 0 Å². The van der Waals surface area contributed by atoms with Crippen LogP contribution >= 0.6 is 0 Å². The van der Waals surface area contributed by atoms with Gasteiger partial charge in [0.05, 0.1) is 0 Å². The number of hydrogen-bond donors (Lipinski definition) is 1. The molecule has 21 heavy (non-hydrogen) atoms. The van der Waals surface area contributed by atoms with Crippen molar-refractivity contribution in [2.75, 3.05) is 11.4 Å². The first kappa shape index (κ1) is 14.1. The largest absolute Gasteiger partial charge is 0.341 e. The highest BCUT2D eigenvalue weighted by atomic mass is 15.1. The van der Waals surface area contributed by atoms with Crippen molar-refractivity contribution in [1.29, 1.82) is 0 Å². The summed E-state index contributed by atoms with van der Waals surface area (Å²) in [6.45, 7) is 6.16. The van der Waals surface area contributed by atoms with Gasteiger partial charge < -0.3 is 10.2 Å². The van der Waals surface area contributed by atoms with Crippen LogP contribution in [0, 0.1) is 6.92 Å². The maximum absolute atomic E-state index is 4.30. The van der Waals surface area contributed by atoms with E-state index in [-0.39, 0.29) is 0 Å². The molecule has 3 rings (SSSR count). The number of nitrogens with zero attached hydrogens (tertiary/aromatic N) is 2. The van der Waals surface area contributed by atoms with Gasteiger partial charge in [-0.1, -0.05) is 17.7 Å². The van der Waals surface area contributed by atoms with Gasteiger partial charge in [0.25, 0.3) is 0 Å². The Balaban J connectivity index is 1.86. The van der Waals surface area contributed by atoms with E-state index in [4.69, 9.17) is 0 Å². The summed E-state index contributed by atoms with van der Waals surface area (Å²) in [7, 11) is 0. The fraction of sp³-hybridized carbons (Fsp3) is 0.389. The van der Waals surface area contributed by atoms with Crippen LogP contribution in [0.3, 0.4) is 0 Å². The number of aromatic nitrogens is 1. The second kappa shape index (κ2) is 6.27. The van der Waals surface area contributed by atoms with E-state index < -0.39 is 0 Å². The summed E-state index contributed by atoms with van der Waals surface area (Å²) in [5.41, 5.74) is 5.05. The Morgan fingerprint density at radius 3 is 2.62 bits per heavy atom. The van der Waals surface area contributed by atoms with Gasteiger partial charge in [-0.15, -0.1) is 0 Å². The van der Waals surface area contributed by atoms with E-state index >= 15 is 0 Å². The first-order valence-corrected chi connectivity index (χ1v) is 7.78. The third-order valence-corrected chi connectivity index (χ3v) is 3.99. The van der Waals surface area contributed by atoms with Crippen LogP contribution in [0.1, 0.15) is 30.9 Å². The predicted octanol–water partition coefficient (Wildman–Crippen LogP) is 3.80. The molecular formula is C18H23N3. The third-order valence-electron chi connectivity index (χ3n) is 3.99. The molecule has 110 valence electrons. The number of hydrogen-bond acceptors (Lipinski definition) is 3. The topological polar surface area (TPSA) is 28.2 Å². The van der Waals surface area contributed by atoms with E-state index in [1.807, 2.05) is 12.4 Å². The highest BCUT2D eigenvalue weighted by Crippen LogP contribution is 2.29. The average molecular weight is 281 g/mol. The summed E-state index contributed by atoms with van der Waals surface area (Å²) < 4.78 is 0. The van der Waals surface area contributed by atoms with Crippen LogP contribution < -0.4 is 10.2 Å². The van der Waals surface area contributed by atoms with Crippen molar-refractivity contribution in [3.8, 4) is 0 Å². The smallest absolute Gasteiger partial charge is 0.0487 e. The molecule has 1 saturated carbocycles. The lowest BCUT2D eigenvalue weighted by molar-refractivity contribution is 0.685. The van der Waals surface area contributed by atoms with Gasteiger partial charge in [0, 0.05) is 48.5 Å². The molecular weight excluding hydrogens is 258 g/mol. The van der Waals surface area contributed by atoms with Crippen molar-refractivity contribution in [2.45, 2.75) is 39.3 Å². The third kappa shape index (κ3) is 3.42. The summed E-state index contributed by atoms with van der Waals surface area (Å²) >= 11 is 0. The van der Waals surface area contributed by atoms with E-state index in [1.165, 1.54) is 35.3 Å². The fourth-order valence-corrected chi connectivity index (χ4v) is 2.58. The molecule has 1 fully saturated rings. The predicted molar refractivity (Wildman–Crippen MR) is 88.0 cm³/mol. The quantitative estimate of drug-likeness (QED) is 0.873. The van der Waals surface area contributed by atoms with E-state index in [0.29, 0.717) is 6.04 Å². The van der Waals surface area contributed by atoms with Crippen molar-refractivity contribution in [3.63, 3.8) is 0 Å². The monoisotopic (exact) mass is 281 g/mol. The van der Waals surface area contributed by atoms with Gasteiger partial charge in [-0.3, -0.25) is 4.98 Å². The Kier molecular flexibility index (Phi) is 4.20. The molecule has 1 N–H and O–H groups in total. The molecule has 0 unspecified atom stereocenters. The summed E-state index contributed by atoms with van der Waals surface area (Å²) in [4.78, 5) is 6.65. The van der Waals surface area contributed by atoms with E-state index in [1.54, 1.807) is 0 Å². The molecule has 1 aliphatic rings. The molecule has 2 aromatic rings. The minimum absolute atomic E-state index is 0.715. The summed E-state index contributed by atoms with van der Waals surface area (Å²) in [6.07, 6.45) is 6.49. The lowest BCUT2D eigenvalue weighted by atomic mass is 10.1. The van der Waals surface area contributed by atoms with Crippen LogP contribution in [0.15, 0.2) is 42.7 Å². The Hall–Kier alpha value is -1.87. The van der Waals surface area contributed by atoms with Gasteiger partial charge in [0.2, 0.25) is 0 Å². The van der Waals surface area contributed by atoms with Gasteiger partial charge in [-0.05, 0) is 44.9 Å². The molecule has 3 nitrogen and oxygen atoms in total. The summed E-state index contributed by atoms with van der Waals surface area (Å²) in [6, 6.07) is 11.6. The molecule has 1 aliphatic carbocycles. The summed E-state index contributed by atoms with van der Waals surface area (Å²) in [5.74, 6) is 0. The number of benzene rings is 1. The van der Waals surface area contributed by atoms with Gasteiger partial charge >= 0.3 is 0 Å². The fourth-order valence-electron chi connectivity index (χ4n) is 2.58. The lowest BCUT2D eigenvalue weighted by Gasteiger charge is -2.26. The second-order valence-electron chi connectivity index (χ2n) is 5.74. The zero-order valence-corrected chi connectivity index (χ0v) is 12.8. The number of anilines is 2. The number of aryl methyl sites for hydroxylation is 1. The highest BCUT2D eigenvalue weighted by molar-refractivity contribution is 5.66. The summed E-state index contributed by atoms with van der Waals surface area (Å²) in [5, 5.41) is 3.59. The molecule has 1 heterocycles. The van der Waals surface area contributed by atoms with Crippen molar-refractivity contribution >= 4 is 11.4 Å². The van der Waals surface area contributed by atoms with Crippen molar-refractivity contribution in [2.24, 2.45) is 0 Å². The number of rotatable bonds is 6. The zero-order valence-electron chi connectivity index (χ0n) is 12.8. The van der Waals surface area contributed by atoms with Gasteiger partial charge in [0.1, 0.15) is 0 Å². The Bertz CT molecular complexity index is 588. The standard InChI is InChI=1S/C18H23N3/c1-3-21(17-8-4-14(2)5-9-17)18-10-11-19-12-15(18)13-20-16-6-7-16/h4-5,8-12,16,20H,3,6-7,13H2,1-2H3. The van der Waals surface area contributed by atoms with Crippen LogP contribution in [0.4, 0.5) is 11.4 Å². The normalized spacial score (nSPS) is 14.2. The van der Waals surface area contributed by atoms with Crippen molar-refractivity contribution < 1.29 is 0 Å². The minimum atomic E-state index is 0.715. The molecule has 0 saturated heterocycles. The molecule has 0 spiro atoms. The zero-order chi connectivity index (χ0) is 14.7. The van der Waals surface area contributed by atoms with Crippen LogP contribution in [0.25, 0.3) is 0 Å². The Labute approximate surface area is 127 Å². The highest BCUT2D eigenvalue weighted by Gasteiger charge is 2.21. The molecule has 0 amide bonds.